The van der Waals surface area contributed by atoms with Crippen LogP contribution in [0.1, 0.15) is 37.4 Å². The Hall–Kier alpha value is -1.89. The van der Waals surface area contributed by atoms with Crippen molar-refractivity contribution in [2.45, 2.75) is 37.1 Å². The Balaban J connectivity index is 1.44. The van der Waals surface area contributed by atoms with Crippen LogP contribution in [0.3, 0.4) is 0 Å². The van der Waals surface area contributed by atoms with Crippen molar-refractivity contribution in [3.8, 4) is 0 Å². The molecule has 0 aromatic carbocycles. The number of guanidine groups is 1. The van der Waals surface area contributed by atoms with Gasteiger partial charge in [0, 0.05) is 45.7 Å². The SMILES string of the molecule is CN=C(NCC1CCN(S(=O)(=O)C(F)(F)F)CC1)N1CCC(c2ncn[nH]2)CC1. The number of H-pyrrole nitrogens is 1. The van der Waals surface area contributed by atoms with Gasteiger partial charge in [0.2, 0.25) is 0 Å². The predicted molar refractivity (Wildman–Crippen MR) is 101 cm³/mol. The van der Waals surface area contributed by atoms with Gasteiger partial charge in [0.15, 0.2) is 5.96 Å². The van der Waals surface area contributed by atoms with E-state index in [9.17, 15) is 21.6 Å². The van der Waals surface area contributed by atoms with Crippen molar-refractivity contribution in [1.29, 1.82) is 0 Å². The summed E-state index contributed by atoms with van der Waals surface area (Å²) in [6.45, 7) is 1.94. The van der Waals surface area contributed by atoms with Crippen molar-refractivity contribution < 1.29 is 21.6 Å². The Bertz CT molecular complexity index is 782. The van der Waals surface area contributed by atoms with Crippen LogP contribution in [0.4, 0.5) is 13.2 Å². The van der Waals surface area contributed by atoms with Gasteiger partial charge in [-0.1, -0.05) is 0 Å². The molecule has 0 bridgehead atoms. The van der Waals surface area contributed by atoms with E-state index in [0.29, 0.717) is 29.6 Å². The lowest BCUT2D eigenvalue weighted by molar-refractivity contribution is -0.0496. The molecule has 2 N–H and O–H groups in total. The minimum atomic E-state index is -5.24. The van der Waals surface area contributed by atoms with Crippen LogP contribution in [-0.4, -0.2) is 84.0 Å². The van der Waals surface area contributed by atoms with Gasteiger partial charge in [-0.3, -0.25) is 10.1 Å². The highest BCUT2D eigenvalue weighted by molar-refractivity contribution is 7.90. The highest BCUT2D eigenvalue weighted by atomic mass is 32.2. The molecule has 1 aromatic heterocycles. The second-order valence-electron chi connectivity index (χ2n) is 7.35. The summed E-state index contributed by atoms with van der Waals surface area (Å²) in [7, 11) is -3.53. The van der Waals surface area contributed by atoms with Gasteiger partial charge in [-0.05, 0) is 31.6 Å². The van der Waals surface area contributed by atoms with Gasteiger partial charge in [0.25, 0.3) is 0 Å². The minimum absolute atomic E-state index is 0.0955. The maximum atomic E-state index is 12.7. The number of alkyl halides is 3. The first-order valence-corrected chi connectivity index (χ1v) is 11.0. The van der Waals surface area contributed by atoms with Crippen molar-refractivity contribution in [3.05, 3.63) is 12.2 Å². The normalized spacial score (nSPS) is 21.5. The number of nitrogens with zero attached hydrogens (tertiary/aromatic N) is 5. The molecular weight excluding hydrogens is 411 g/mol. The first kappa shape index (κ1) is 21.8. The summed E-state index contributed by atoms with van der Waals surface area (Å²) in [6.07, 6.45) is 4.11. The number of aromatic amines is 1. The number of halogens is 3. The Morgan fingerprint density at radius 3 is 2.41 bits per heavy atom. The van der Waals surface area contributed by atoms with Crippen LogP contribution in [0, 0.1) is 5.92 Å². The van der Waals surface area contributed by atoms with Crippen molar-refractivity contribution in [1.82, 2.24) is 29.7 Å². The van der Waals surface area contributed by atoms with Crippen molar-refractivity contribution in [3.63, 3.8) is 0 Å². The molecule has 0 radical (unpaired) electrons. The van der Waals surface area contributed by atoms with E-state index in [1.165, 1.54) is 6.33 Å². The number of rotatable bonds is 4. The Morgan fingerprint density at radius 1 is 1.24 bits per heavy atom. The number of hydrogen-bond acceptors (Lipinski definition) is 5. The molecule has 0 atom stereocenters. The third-order valence-electron chi connectivity index (χ3n) is 5.58. The number of aromatic nitrogens is 3. The van der Waals surface area contributed by atoms with Crippen molar-refractivity contribution in [2.24, 2.45) is 10.9 Å². The summed E-state index contributed by atoms with van der Waals surface area (Å²) >= 11 is 0. The van der Waals surface area contributed by atoms with Crippen LogP contribution in [0.5, 0.6) is 0 Å². The summed E-state index contributed by atoms with van der Waals surface area (Å²) in [6, 6.07) is 0. The standard InChI is InChI=1S/C16H26F3N7O2S/c1-20-15(25-6-4-13(5-7-25)14-22-11-23-24-14)21-10-12-2-8-26(9-3-12)29(27,28)16(17,18)19/h11-13H,2-10H2,1H3,(H,20,21)(H,22,23,24). The average molecular weight is 437 g/mol. The molecule has 13 heteroatoms. The lowest BCUT2D eigenvalue weighted by atomic mass is 9.96. The lowest BCUT2D eigenvalue weighted by Crippen LogP contribution is -2.49. The van der Waals surface area contributed by atoms with Crippen LogP contribution in [0.25, 0.3) is 0 Å². The minimum Gasteiger partial charge on any atom is -0.356 e. The van der Waals surface area contributed by atoms with Gasteiger partial charge in [0.05, 0.1) is 0 Å². The van der Waals surface area contributed by atoms with Crippen LogP contribution in [0.2, 0.25) is 0 Å². The molecule has 0 amide bonds. The molecule has 3 heterocycles. The fourth-order valence-electron chi connectivity index (χ4n) is 3.84. The molecule has 2 saturated heterocycles. The maximum Gasteiger partial charge on any atom is 0.511 e. The van der Waals surface area contributed by atoms with Gasteiger partial charge in [-0.25, -0.2) is 13.4 Å². The molecule has 3 rings (SSSR count). The zero-order valence-electron chi connectivity index (χ0n) is 16.2. The van der Waals surface area contributed by atoms with Crippen LogP contribution < -0.4 is 5.32 Å². The number of piperidine rings is 2. The quantitative estimate of drug-likeness (QED) is 0.540. The molecule has 0 aliphatic carbocycles. The third kappa shape index (κ3) is 5.00. The highest BCUT2D eigenvalue weighted by Gasteiger charge is 2.50. The Kier molecular flexibility index (Phi) is 6.66. The second kappa shape index (κ2) is 8.86. The zero-order valence-corrected chi connectivity index (χ0v) is 17.0. The van der Waals surface area contributed by atoms with E-state index >= 15 is 0 Å². The molecule has 0 spiro atoms. The fraction of sp³-hybridized carbons (Fsp3) is 0.812. The smallest absolute Gasteiger partial charge is 0.356 e. The van der Waals surface area contributed by atoms with Gasteiger partial charge < -0.3 is 10.2 Å². The number of nitrogens with one attached hydrogen (secondary N) is 2. The molecular formula is C16H26F3N7O2S. The van der Waals surface area contributed by atoms with E-state index < -0.39 is 15.5 Å². The molecule has 164 valence electrons. The average Bonchev–Trinajstić information content (AvgIpc) is 3.23. The summed E-state index contributed by atoms with van der Waals surface area (Å²) in [5, 5.41) is 10.1. The third-order valence-corrected chi connectivity index (χ3v) is 7.21. The first-order valence-electron chi connectivity index (χ1n) is 9.59. The number of sulfonamides is 1. The Labute approximate surface area is 167 Å². The van der Waals surface area contributed by atoms with Crippen LogP contribution >= 0.6 is 0 Å². The van der Waals surface area contributed by atoms with Crippen LogP contribution in [-0.2, 0) is 10.0 Å². The summed E-state index contributed by atoms with van der Waals surface area (Å²) in [5.41, 5.74) is -5.24. The zero-order chi connectivity index (χ0) is 21.1. The molecule has 0 unspecified atom stereocenters. The van der Waals surface area contributed by atoms with Crippen molar-refractivity contribution >= 4 is 16.0 Å². The van der Waals surface area contributed by atoms with Gasteiger partial charge in [0.1, 0.15) is 12.2 Å². The van der Waals surface area contributed by atoms with E-state index in [2.05, 4.69) is 30.4 Å². The molecule has 2 fully saturated rings. The molecule has 1 aromatic rings. The van der Waals surface area contributed by atoms with Gasteiger partial charge >= 0.3 is 15.5 Å². The predicted octanol–water partition coefficient (Wildman–Crippen LogP) is 1.12. The fourth-order valence-corrected chi connectivity index (χ4v) is 4.83. The van der Waals surface area contributed by atoms with E-state index in [0.717, 1.165) is 37.7 Å². The lowest BCUT2D eigenvalue weighted by Gasteiger charge is -2.35. The number of hydrogen-bond donors (Lipinski definition) is 2. The summed E-state index contributed by atoms with van der Waals surface area (Å²) in [5.74, 6) is 2.09. The van der Waals surface area contributed by atoms with Crippen LogP contribution in [0.15, 0.2) is 11.3 Å². The summed E-state index contributed by atoms with van der Waals surface area (Å²) in [4.78, 5) is 10.7. The molecule has 29 heavy (non-hydrogen) atoms. The maximum absolute atomic E-state index is 12.7. The molecule has 2 aliphatic rings. The van der Waals surface area contributed by atoms with E-state index in [-0.39, 0.29) is 19.0 Å². The first-order chi connectivity index (χ1) is 13.7. The summed E-state index contributed by atoms with van der Waals surface area (Å²) < 4.78 is 61.5. The van der Waals surface area contributed by atoms with E-state index in [1.54, 1.807) is 7.05 Å². The molecule has 9 nitrogen and oxygen atoms in total. The number of likely N-dealkylation sites (tertiary alicyclic amines) is 1. The van der Waals surface area contributed by atoms with E-state index in [1.807, 2.05) is 0 Å². The topological polar surface area (TPSA) is 107 Å². The largest absolute Gasteiger partial charge is 0.511 e. The highest BCUT2D eigenvalue weighted by Crippen LogP contribution is 2.30. The molecule has 2 aliphatic heterocycles. The van der Waals surface area contributed by atoms with Crippen molar-refractivity contribution in [2.75, 3.05) is 39.8 Å². The van der Waals surface area contributed by atoms with Gasteiger partial charge in [-0.15, -0.1) is 0 Å². The van der Waals surface area contributed by atoms with Gasteiger partial charge in [-0.2, -0.15) is 22.6 Å². The van der Waals surface area contributed by atoms with E-state index in [4.69, 9.17) is 0 Å². The number of aliphatic imine (C=N–C) groups is 1. The monoisotopic (exact) mass is 437 g/mol. The second-order valence-corrected chi connectivity index (χ2v) is 9.28. The Morgan fingerprint density at radius 2 is 1.90 bits per heavy atom. The molecule has 0 saturated carbocycles.